The van der Waals surface area contributed by atoms with E-state index in [2.05, 4.69) is 19.4 Å². The summed E-state index contributed by atoms with van der Waals surface area (Å²) in [5.41, 5.74) is 0. The Labute approximate surface area is 119 Å². The summed E-state index contributed by atoms with van der Waals surface area (Å²) < 4.78 is 8.06. The van der Waals surface area contributed by atoms with Crippen molar-refractivity contribution in [2.24, 2.45) is 7.05 Å². The molecule has 20 heavy (non-hydrogen) atoms. The van der Waals surface area contributed by atoms with Gasteiger partial charge in [-0.15, -0.1) is 0 Å². The second kappa shape index (κ2) is 6.05. The highest BCUT2D eigenvalue weighted by atomic mass is 16.5. The van der Waals surface area contributed by atoms with Crippen molar-refractivity contribution >= 4 is 0 Å². The molecule has 1 aliphatic heterocycles. The van der Waals surface area contributed by atoms with E-state index >= 15 is 0 Å². The summed E-state index contributed by atoms with van der Waals surface area (Å²) in [6.45, 7) is 3.04. The quantitative estimate of drug-likeness (QED) is 0.852. The highest BCUT2D eigenvalue weighted by Gasteiger charge is 2.21. The molecule has 0 saturated carbocycles. The van der Waals surface area contributed by atoms with Gasteiger partial charge in [-0.3, -0.25) is 9.88 Å². The summed E-state index contributed by atoms with van der Waals surface area (Å²) in [6, 6.07) is 3.83. The first kappa shape index (κ1) is 13.1. The second-order valence-electron chi connectivity index (χ2n) is 5.23. The van der Waals surface area contributed by atoms with E-state index in [1.807, 2.05) is 31.6 Å². The number of rotatable bonds is 4. The zero-order chi connectivity index (χ0) is 13.8. The standard InChI is InChI=1S/C15H20N4O/c1-18-11-8-17-15(18)12-19-9-4-14(5-10-19)20-13-2-6-16-7-3-13/h2-3,6-8,11,14H,4-5,9-10,12H2,1H3. The second-order valence-corrected chi connectivity index (χ2v) is 5.23. The van der Waals surface area contributed by atoms with Gasteiger partial charge in [0.1, 0.15) is 17.7 Å². The fourth-order valence-corrected chi connectivity index (χ4v) is 2.54. The molecule has 0 radical (unpaired) electrons. The van der Waals surface area contributed by atoms with Gasteiger partial charge in [-0.05, 0) is 25.0 Å². The Morgan fingerprint density at radius 1 is 1.20 bits per heavy atom. The van der Waals surface area contributed by atoms with Crippen LogP contribution in [0.3, 0.4) is 0 Å². The highest BCUT2D eigenvalue weighted by Crippen LogP contribution is 2.19. The van der Waals surface area contributed by atoms with Crippen LogP contribution < -0.4 is 4.74 Å². The average molecular weight is 272 g/mol. The summed E-state index contributed by atoms with van der Waals surface area (Å²) in [5.74, 6) is 2.04. The van der Waals surface area contributed by atoms with Crippen molar-refractivity contribution in [2.45, 2.75) is 25.5 Å². The molecule has 0 bridgehead atoms. The molecule has 1 aliphatic rings. The van der Waals surface area contributed by atoms with E-state index in [0.29, 0.717) is 6.10 Å². The molecule has 3 rings (SSSR count). The summed E-state index contributed by atoms with van der Waals surface area (Å²) >= 11 is 0. The van der Waals surface area contributed by atoms with Crippen molar-refractivity contribution in [1.82, 2.24) is 19.4 Å². The Bertz CT molecular complexity index is 532. The minimum atomic E-state index is 0.315. The van der Waals surface area contributed by atoms with Crippen molar-refractivity contribution in [3.8, 4) is 5.75 Å². The molecule has 0 atom stereocenters. The van der Waals surface area contributed by atoms with Crippen LogP contribution in [0, 0.1) is 0 Å². The van der Waals surface area contributed by atoms with Crippen molar-refractivity contribution in [3.05, 3.63) is 42.7 Å². The van der Waals surface area contributed by atoms with E-state index in [1.54, 1.807) is 12.4 Å². The van der Waals surface area contributed by atoms with Gasteiger partial charge < -0.3 is 9.30 Å². The van der Waals surface area contributed by atoms with E-state index in [1.165, 1.54) is 0 Å². The normalized spacial score (nSPS) is 17.2. The predicted octanol–water partition coefficient (Wildman–Crippen LogP) is 1.86. The van der Waals surface area contributed by atoms with Gasteiger partial charge in [-0.25, -0.2) is 4.98 Å². The topological polar surface area (TPSA) is 43.2 Å². The summed E-state index contributed by atoms with van der Waals surface area (Å²) in [7, 11) is 2.04. The van der Waals surface area contributed by atoms with E-state index in [9.17, 15) is 0 Å². The first-order chi connectivity index (χ1) is 9.81. The van der Waals surface area contributed by atoms with E-state index in [0.717, 1.165) is 44.0 Å². The van der Waals surface area contributed by atoms with Crippen LogP contribution in [0.5, 0.6) is 5.75 Å². The fraction of sp³-hybridized carbons (Fsp3) is 0.467. The highest BCUT2D eigenvalue weighted by molar-refractivity contribution is 5.17. The SMILES string of the molecule is Cn1ccnc1CN1CCC(Oc2ccncc2)CC1. The number of likely N-dealkylation sites (tertiary alicyclic amines) is 1. The summed E-state index contributed by atoms with van der Waals surface area (Å²) in [6.07, 6.45) is 9.83. The van der Waals surface area contributed by atoms with Gasteiger partial charge in [0.2, 0.25) is 0 Å². The van der Waals surface area contributed by atoms with Crippen LogP contribution in [0.15, 0.2) is 36.9 Å². The number of ether oxygens (including phenoxy) is 1. The number of hydrogen-bond donors (Lipinski definition) is 0. The van der Waals surface area contributed by atoms with Gasteiger partial charge in [-0.2, -0.15) is 0 Å². The lowest BCUT2D eigenvalue weighted by atomic mass is 10.1. The largest absolute Gasteiger partial charge is 0.490 e. The Balaban J connectivity index is 1.49. The Kier molecular flexibility index (Phi) is 3.97. The maximum absolute atomic E-state index is 5.98. The van der Waals surface area contributed by atoms with Gasteiger partial charge in [-0.1, -0.05) is 0 Å². The maximum atomic E-state index is 5.98. The minimum absolute atomic E-state index is 0.315. The molecule has 0 aromatic carbocycles. The average Bonchev–Trinajstić information content (AvgIpc) is 2.88. The molecule has 3 heterocycles. The molecule has 1 saturated heterocycles. The minimum Gasteiger partial charge on any atom is -0.490 e. The van der Waals surface area contributed by atoms with Crippen molar-refractivity contribution < 1.29 is 4.74 Å². The summed E-state index contributed by atoms with van der Waals surface area (Å²) in [5, 5.41) is 0. The van der Waals surface area contributed by atoms with Crippen LogP contribution in [-0.2, 0) is 13.6 Å². The molecular weight excluding hydrogens is 252 g/mol. The molecule has 0 spiro atoms. The number of imidazole rings is 1. The molecule has 2 aromatic heterocycles. The Hall–Kier alpha value is -1.88. The van der Waals surface area contributed by atoms with Crippen LogP contribution in [0.2, 0.25) is 0 Å². The molecule has 0 N–H and O–H groups in total. The number of nitrogens with zero attached hydrogens (tertiary/aromatic N) is 4. The van der Waals surface area contributed by atoms with Crippen LogP contribution in [-0.4, -0.2) is 38.6 Å². The zero-order valence-electron chi connectivity index (χ0n) is 11.8. The first-order valence-corrected chi connectivity index (χ1v) is 7.06. The van der Waals surface area contributed by atoms with Crippen LogP contribution in [0.4, 0.5) is 0 Å². The number of aryl methyl sites for hydroxylation is 1. The maximum Gasteiger partial charge on any atom is 0.122 e. The van der Waals surface area contributed by atoms with Gasteiger partial charge in [0, 0.05) is 44.9 Å². The number of aromatic nitrogens is 3. The van der Waals surface area contributed by atoms with Gasteiger partial charge >= 0.3 is 0 Å². The van der Waals surface area contributed by atoms with Crippen LogP contribution in [0.1, 0.15) is 18.7 Å². The van der Waals surface area contributed by atoms with E-state index < -0.39 is 0 Å². The first-order valence-electron chi connectivity index (χ1n) is 7.06. The van der Waals surface area contributed by atoms with Crippen molar-refractivity contribution in [1.29, 1.82) is 0 Å². The lowest BCUT2D eigenvalue weighted by molar-refractivity contribution is 0.0948. The molecule has 0 unspecified atom stereocenters. The molecule has 0 amide bonds. The molecule has 5 nitrogen and oxygen atoms in total. The van der Waals surface area contributed by atoms with Gasteiger partial charge in [0.05, 0.1) is 6.54 Å². The predicted molar refractivity (Wildman–Crippen MR) is 76.4 cm³/mol. The molecule has 1 fully saturated rings. The number of piperidine rings is 1. The number of hydrogen-bond acceptors (Lipinski definition) is 4. The molecular formula is C15H20N4O. The molecule has 5 heteroatoms. The van der Waals surface area contributed by atoms with Crippen LogP contribution in [0.25, 0.3) is 0 Å². The van der Waals surface area contributed by atoms with E-state index in [-0.39, 0.29) is 0 Å². The molecule has 106 valence electrons. The van der Waals surface area contributed by atoms with Crippen LogP contribution >= 0.6 is 0 Å². The van der Waals surface area contributed by atoms with E-state index in [4.69, 9.17) is 4.74 Å². The Morgan fingerprint density at radius 3 is 2.60 bits per heavy atom. The monoisotopic (exact) mass is 272 g/mol. The van der Waals surface area contributed by atoms with Crippen molar-refractivity contribution in [2.75, 3.05) is 13.1 Å². The molecule has 0 aliphatic carbocycles. The molecule has 2 aromatic rings. The summed E-state index contributed by atoms with van der Waals surface area (Å²) in [4.78, 5) is 10.8. The number of pyridine rings is 1. The lowest BCUT2D eigenvalue weighted by Gasteiger charge is -2.31. The third kappa shape index (κ3) is 3.17. The third-order valence-corrected chi connectivity index (χ3v) is 3.77. The smallest absolute Gasteiger partial charge is 0.122 e. The fourth-order valence-electron chi connectivity index (χ4n) is 2.54. The third-order valence-electron chi connectivity index (χ3n) is 3.77. The zero-order valence-corrected chi connectivity index (χ0v) is 11.8. The van der Waals surface area contributed by atoms with Gasteiger partial charge in [0.15, 0.2) is 0 Å². The van der Waals surface area contributed by atoms with Gasteiger partial charge in [0.25, 0.3) is 0 Å². The Morgan fingerprint density at radius 2 is 1.95 bits per heavy atom. The van der Waals surface area contributed by atoms with Crippen molar-refractivity contribution in [3.63, 3.8) is 0 Å². The lowest BCUT2D eigenvalue weighted by Crippen LogP contribution is -2.38.